The predicted octanol–water partition coefficient (Wildman–Crippen LogP) is 3.18. The van der Waals surface area contributed by atoms with Gasteiger partial charge in [0.05, 0.1) is 0 Å². The molecule has 3 nitrogen and oxygen atoms in total. The van der Waals surface area contributed by atoms with Crippen LogP contribution in [0.5, 0.6) is 0 Å². The second kappa shape index (κ2) is 5.41. The van der Waals surface area contributed by atoms with E-state index in [2.05, 4.69) is 12.2 Å². The summed E-state index contributed by atoms with van der Waals surface area (Å²) in [6.07, 6.45) is 1.54. The van der Waals surface area contributed by atoms with Crippen LogP contribution in [0.1, 0.15) is 45.7 Å². The number of amides is 1. The highest BCUT2D eigenvalue weighted by Crippen LogP contribution is 2.31. The number of Topliss-reactive ketones (excluding diaryl/α,β-unsaturated/α-hetero) is 1. The Bertz CT molecular complexity index is 736. The Morgan fingerprint density at radius 2 is 1.64 bits per heavy atom. The third-order valence-electron chi connectivity index (χ3n) is 4.23. The van der Waals surface area contributed by atoms with Gasteiger partial charge in [-0.25, -0.2) is 0 Å². The number of hydrogen-bond donors (Lipinski definition) is 1. The molecule has 1 amide bonds. The minimum Gasteiger partial charge on any atom is -0.346 e. The van der Waals surface area contributed by atoms with Crippen LogP contribution in [0.4, 0.5) is 0 Å². The molecular formula is C19H19NO2. The zero-order chi connectivity index (χ0) is 15.7. The lowest BCUT2D eigenvalue weighted by molar-refractivity contribution is 0.0908. The first-order chi connectivity index (χ1) is 10.5. The van der Waals surface area contributed by atoms with E-state index in [0.717, 1.165) is 24.0 Å². The number of fused-ring (bicyclic) bond motifs is 1. The quantitative estimate of drug-likeness (QED) is 0.883. The molecule has 0 heterocycles. The van der Waals surface area contributed by atoms with Gasteiger partial charge in [-0.3, -0.25) is 9.59 Å². The highest BCUT2D eigenvalue weighted by Gasteiger charge is 2.34. The third-order valence-corrected chi connectivity index (χ3v) is 4.23. The van der Waals surface area contributed by atoms with E-state index >= 15 is 0 Å². The Kier molecular flexibility index (Phi) is 3.57. The van der Waals surface area contributed by atoms with Gasteiger partial charge in [-0.1, -0.05) is 30.3 Å². The van der Waals surface area contributed by atoms with Crippen molar-refractivity contribution in [1.82, 2.24) is 5.32 Å². The lowest BCUT2D eigenvalue weighted by atomic mass is 9.98. The number of rotatable bonds is 3. The van der Waals surface area contributed by atoms with Crippen LogP contribution in [0.15, 0.2) is 48.5 Å². The molecule has 2 aromatic rings. The molecule has 0 aromatic heterocycles. The molecule has 22 heavy (non-hydrogen) atoms. The fraction of sp³-hybridized carbons (Fsp3) is 0.263. The number of carbonyl (C=O) groups excluding carboxylic acids is 2. The van der Waals surface area contributed by atoms with Gasteiger partial charge in [0.1, 0.15) is 0 Å². The van der Waals surface area contributed by atoms with Crippen LogP contribution in [-0.4, -0.2) is 17.2 Å². The van der Waals surface area contributed by atoms with Gasteiger partial charge in [0, 0.05) is 16.7 Å². The molecule has 0 radical (unpaired) electrons. The van der Waals surface area contributed by atoms with Gasteiger partial charge >= 0.3 is 0 Å². The Morgan fingerprint density at radius 3 is 2.32 bits per heavy atom. The zero-order valence-electron chi connectivity index (χ0n) is 12.8. The van der Waals surface area contributed by atoms with Gasteiger partial charge in [0.25, 0.3) is 5.91 Å². The monoisotopic (exact) mass is 293 g/mol. The van der Waals surface area contributed by atoms with Crippen molar-refractivity contribution in [1.29, 1.82) is 0 Å². The average Bonchev–Trinajstić information content (AvgIpc) is 2.82. The Labute approximate surface area is 130 Å². The minimum absolute atomic E-state index is 0.0531. The van der Waals surface area contributed by atoms with Crippen LogP contribution in [0.3, 0.4) is 0 Å². The molecule has 1 N–H and O–H groups in total. The molecule has 0 fully saturated rings. The second-order valence-electron chi connectivity index (χ2n) is 6.27. The zero-order valence-corrected chi connectivity index (χ0v) is 12.8. The van der Waals surface area contributed by atoms with Crippen LogP contribution >= 0.6 is 0 Å². The maximum Gasteiger partial charge on any atom is 0.251 e. The largest absolute Gasteiger partial charge is 0.346 e. The summed E-state index contributed by atoms with van der Waals surface area (Å²) in [5.74, 6) is 0.0208. The van der Waals surface area contributed by atoms with E-state index in [0.29, 0.717) is 5.56 Å². The number of carbonyl (C=O) groups is 2. The SMILES string of the molecule is CC(=O)c1ccc2c(c1)C[C@@](C)(NC(=O)c1ccccc1)C2. The van der Waals surface area contributed by atoms with Crippen molar-refractivity contribution in [2.45, 2.75) is 32.2 Å². The topological polar surface area (TPSA) is 46.2 Å². The van der Waals surface area contributed by atoms with Gasteiger partial charge in [-0.2, -0.15) is 0 Å². The van der Waals surface area contributed by atoms with E-state index in [-0.39, 0.29) is 17.2 Å². The molecule has 0 unspecified atom stereocenters. The summed E-state index contributed by atoms with van der Waals surface area (Å²) in [4.78, 5) is 23.9. The smallest absolute Gasteiger partial charge is 0.251 e. The number of ketones is 1. The van der Waals surface area contributed by atoms with E-state index in [1.807, 2.05) is 48.5 Å². The fourth-order valence-corrected chi connectivity index (χ4v) is 3.11. The minimum atomic E-state index is -0.301. The molecule has 0 saturated carbocycles. The van der Waals surface area contributed by atoms with Crippen molar-refractivity contribution in [3.63, 3.8) is 0 Å². The first-order valence-corrected chi connectivity index (χ1v) is 7.47. The van der Waals surface area contributed by atoms with E-state index in [4.69, 9.17) is 0 Å². The first kappa shape index (κ1) is 14.5. The first-order valence-electron chi connectivity index (χ1n) is 7.47. The van der Waals surface area contributed by atoms with E-state index < -0.39 is 0 Å². The van der Waals surface area contributed by atoms with E-state index in [9.17, 15) is 9.59 Å². The maximum atomic E-state index is 12.4. The van der Waals surface area contributed by atoms with Crippen molar-refractivity contribution >= 4 is 11.7 Å². The molecule has 1 atom stereocenters. The lowest BCUT2D eigenvalue weighted by Gasteiger charge is -2.25. The fourth-order valence-electron chi connectivity index (χ4n) is 3.11. The molecule has 3 rings (SSSR count). The van der Waals surface area contributed by atoms with Crippen molar-refractivity contribution < 1.29 is 9.59 Å². The van der Waals surface area contributed by atoms with Crippen LogP contribution in [-0.2, 0) is 12.8 Å². The van der Waals surface area contributed by atoms with Crippen molar-refractivity contribution in [2.24, 2.45) is 0 Å². The summed E-state index contributed by atoms with van der Waals surface area (Å²) in [6, 6.07) is 15.1. The number of hydrogen-bond acceptors (Lipinski definition) is 2. The summed E-state index contributed by atoms with van der Waals surface area (Å²) < 4.78 is 0. The molecule has 1 aliphatic carbocycles. The van der Waals surface area contributed by atoms with Gasteiger partial charge in [-0.15, -0.1) is 0 Å². The molecule has 0 spiro atoms. The summed E-state index contributed by atoms with van der Waals surface area (Å²) in [6.45, 7) is 3.63. The van der Waals surface area contributed by atoms with Gasteiger partial charge in [-0.05, 0) is 56.0 Å². The van der Waals surface area contributed by atoms with Gasteiger partial charge in [0.2, 0.25) is 0 Å². The van der Waals surface area contributed by atoms with Crippen molar-refractivity contribution in [3.8, 4) is 0 Å². The number of benzene rings is 2. The average molecular weight is 293 g/mol. The summed E-state index contributed by atoms with van der Waals surface area (Å²) in [7, 11) is 0. The molecular weight excluding hydrogens is 274 g/mol. The summed E-state index contributed by atoms with van der Waals surface area (Å²) >= 11 is 0. The van der Waals surface area contributed by atoms with Crippen LogP contribution in [0.2, 0.25) is 0 Å². The third kappa shape index (κ3) is 2.80. The van der Waals surface area contributed by atoms with Gasteiger partial charge in [0.15, 0.2) is 5.78 Å². The van der Waals surface area contributed by atoms with Crippen LogP contribution in [0, 0.1) is 0 Å². The van der Waals surface area contributed by atoms with E-state index in [1.165, 1.54) is 5.56 Å². The second-order valence-corrected chi connectivity index (χ2v) is 6.27. The van der Waals surface area contributed by atoms with Gasteiger partial charge < -0.3 is 5.32 Å². The molecule has 1 aliphatic rings. The molecule has 0 bridgehead atoms. The molecule has 3 heteroatoms. The summed E-state index contributed by atoms with van der Waals surface area (Å²) in [5, 5.41) is 3.14. The Balaban J connectivity index is 1.79. The Morgan fingerprint density at radius 1 is 0.955 bits per heavy atom. The Hall–Kier alpha value is -2.42. The van der Waals surface area contributed by atoms with Crippen LogP contribution in [0.25, 0.3) is 0 Å². The molecule has 112 valence electrons. The molecule has 0 saturated heterocycles. The van der Waals surface area contributed by atoms with E-state index in [1.54, 1.807) is 6.92 Å². The number of nitrogens with one attached hydrogen (secondary N) is 1. The highest BCUT2D eigenvalue weighted by molar-refractivity contribution is 5.95. The normalized spacial score (nSPS) is 19.5. The lowest BCUT2D eigenvalue weighted by Crippen LogP contribution is -2.46. The predicted molar refractivity (Wildman–Crippen MR) is 86.2 cm³/mol. The van der Waals surface area contributed by atoms with Crippen molar-refractivity contribution in [2.75, 3.05) is 0 Å². The summed E-state index contributed by atoms with van der Waals surface area (Å²) in [5.41, 5.74) is 3.47. The molecule has 2 aromatic carbocycles. The standard InChI is InChI=1S/C19H19NO2/c1-13(21)15-8-9-16-11-19(2,12-17(16)10-15)20-18(22)14-6-4-3-5-7-14/h3-10H,11-12H2,1-2H3,(H,20,22)/t19-/m0/s1. The van der Waals surface area contributed by atoms with Crippen LogP contribution < -0.4 is 5.32 Å². The van der Waals surface area contributed by atoms with Crippen molar-refractivity contribution in [3.05, 3.63) is 70.8 Å². The highest BCUT2D eigenvalue weighted by atomic mass is 16.1. The maximum absolute atomic E-state index is 12.4. The molecule has 0 aliphatic heterocycles.